The molecule has 0 aliphatic carbocycles. The Morgan fingerprint density at radius 3 is 3.00 bits per heavy atom. The van der Waals surface area contributed by atoms with E-state index in [0.717, 1.165) is 0 Å². The van der Waals surface area contributed by atoms with Gasteiger partial charge in [-0.25, -0.2) is 0 Å². The molecule has 0 bridgehead atoms. The summed E-state index contributed by atoms with van der Waals surface area (Å²) in [6, 6.07) is 1.82. The maximum atomic E-state index is 10.3. The van der Waals surface area contributed by atoms with E-state index in [2.05, 4.69) is 0 Å². The van der Waals surface area contributed by atoms with E-state index in [1.54, 1.807) is 0 Å². The van der Waals surface area contributed by atoms with Crippen molar-refractivity contribution < 1.29 is 9.53 Å². The first-order valence-corrected chi connectivity index (χ1v) is 4.47. The zero-order valence-electron chi connectivity index (χ0n) is 4.96. The van der Waals surface area contributed by atoms with Crippen LogP contribution in [0.5, 0.6) is 5.75 Å². The molecule has 1 aromatic rings. The Morgan fingerprint density at radius 2 is 2.56 bits per heavy atom. The van der Waals surface area contributed by atoms with Crippen LogP contribution in [-0.2, 0) is 4.79 Å². The van der Waals surface area contributed by atoms with Gasteiger partial charge in [0, 0.05) is 0 Å². The zero-order chi connectivity index (χ0) is 6.69. The third-order valence-electron chi connectivity index (χ3n) is 0.757. The average molecular weight is 189 g/mol. The number of hydrogen-bond donors (Lipinski definition) is 0. The molecular formula is C6H6O2Se. The summed E-state index contributed by atoms with van der Waals surface area (Å²) in [5.41, 5.74) is 0. The molecule has 1 heterocycles. The van der Waals surface area contributed by atoms with Crippen molar-refractivity contribution in [3.05, 3.63) is 15.9 Å². The molecule has 9 heavy (non-hydrogen) atoms. The molecule has 1 rings (SSSR count). The minimum atomic E-state index is -0.247. The van der Waals surface area contributed by atoms with E-state index < -0.39 is 0 Å². The Kier molecular flexibility index (Phi) is 2.09. The van der Waals surface area contributed by atoms with E-state index >= 15 is 0 Å². The molecule has 0 unspecified atom stereocenters. The van der Waals surface area contributed by atoms with Crippen LogP contribution < -0.4 is 4.74 Å². The molecule has 0 aliphatic rings. The van der Waals surface area contributed by atoms with E-state index in [0.29, 0.717) is 20.3 Å². The summed E-state index contributed by atoms with van der Waals surface area (Å²) in [6.07, 6.45) is 0. The van der Waals surface area contributed by atoms with Crippen LogP contribution in [0.4, 0.5) is 0 Å². The summed E-state index contributed by atoms with van der Waals surface area (Å²) in [4.78, 5) is 14.2. The van der Waals surface area contributed by atoms with Crippen LogP contribution in [0.2, 0.25) is 0 Å². The summed E-state index contributed by atoms with van der Waals surface area (Å²) >= 11 is 0.408. The minimum absolute atomic E-state index is 0.247. The molecule has 2 nitrogen and oxygen atoms in total. The van der Waals surface area contributed by atoms with Crippen molar-refractivity contribution in [1.29, 1.82) is 0 Å². The van der Waals surface area contributed by atoms with Gasteiger partial charge in [0.15, 0.2) is 0 Å². The van der Waals surface area contributed by atoms with Crippen molar-refractivity contribution in [3.8, 4) is 5.75 Å². The molecule has 48 valence electrons. The Bertz CT molecular complexity index is 191. The van der Waals surface area contributed by atoms with Crippen LogP contribution in [-0.4, -0.2) is 20.5 Å². The van der Waals surface area contributed by atoms with E-state index in [1.165, 1.54) is 6.92 Å². The predicted molar refractivity (Wildman–Crippen MR) is 34.7 cm³/mol. The SMILES string of the molecule is CC(=O)Oc1cc[se]c1. The summed E-state index contributed by atoms with van der Waals surface area (Å²) < 4.78 is 4.76. The molecule has 0 amide bonds. The topological polar surface area (TPSA) is 26.3 Å². The summed E-state index contributed by atoms with van der Waals surface area (Å²) in [7, 11) is 0. The second-order valence-electron chi connectivity index (χ2n) is 1.55. The molecule has 0 atom stereocenters. The van der Waals surface area contributed by atoms with Crippen LogP contribution in [0.1, 0.15) is 6.92 Å². The molecule has 0 spiro atoms. The maximum absolute atomic E-state index is 10.3. The first-order valence-electron chi connectivity index (χ1n) is 2.49. The standard InChI is InChI=1S/C6H6O2Se/c1-5(7)8-6-2-3-9-4-6/h2-4H,1H3. The van der Waals surface area contributed by atoms with Gasteiger partial charge < -0.3 is 0 Å². The number of carbonyl (C=O) groups is 1. The van der Waals surface area contributed by atoms with E-state index in [-0.39, 0.29) is 5.97 Å². The van der Waals surface area contributed by atoms with Gasteiger partial charge in [-0.3, -0.25) is 0 Å². The second-order valence-corrected chi connectivity index (χ2v) is 3.19. The molecule has 0 fully saturated rings. The van der Waals surface area contributed by atoms with Crippen molar-refractivity contribution in [2.75, 3.05) is 0 Å². The van der Waals surface area contributed by atoms with Gasteiger partial charge in [-0.15, -0.1) is 0 Å². The van der Waals surface area contributed by atoms with Crippen molar-refractivity contribution in [1.82, 2.24) is 0 Å². The van der Waals surface area contributed by atoms with Crippen molar-refractivity contribution in [3.63, 3.8) is 0 Å². The summed E-state index contributed by atoms with van der Waals surface area (Å²) in [5, 5.41) is 0. The second kappa shape index (κ2) is 2.85. The molecule has 1 aromatic heterocycles. The van der Waals surface area contributed by atoms with E-state index in [1.807, 2.05) is 15.9 Å². The molecule has 0 N–H and O–H groups in total. The molecule has 0 radical (unpaired) electrons. The van der Waals surface area contributed by atoms with Crippen LogP contribution in [0.15, 0.2) is 15.9 Å². The van der Waals surface area contributed by atoms with Gasteiger partial charge in [0.2, 0.25) is 0 Å². The van der Waals surface area contributed by atoms with Gasteiger partial charge >= 0.3 is 58.6 Å². The fourth-order valence-corrected chi connectivity index (χ4v) is 1.63. The summed E-state index contributed by atoms with van der Waals surface area (Å²) in [5.74, 6) is 0.450. The van der Waals surface area contributed by atoms with Gasteiger partial charge in [0.05, 0.1) is 0 Å². The molecular weight excluding hydrogens is 183 g/mol. The Morgan fingerprint density at radius 1 is 1.78 bits per heavy atom. The number of ether oxygens (including phenoxy) is 1. The van der Waals surface area contributed by atoms with Gasteiger partial charge in [-0.05, 0) is 0 Å². The summed E-state index contributed by atoms with van der Waals surface area (Å²) in [6.45, 7) is 1.40. The van der Waals surface area contributed by atoms with Crippen LogP contribution >= 0.6 is 0 Å². The van der Waals surface area contributed by atoms with Gasteiger partial charge in [0.1, 0.15) is 0 Å². The predicted octanol–water partition coefficient (Wildman–Crippen LogP) is 0.669. The zero-order valence-corrected chi connectivity index (χ0v) is 6.67. The third-order valence-corrected chi connectivity index (χ3v) is 2.14. The van der Waals surface area contributed by atoms with Crippen LogP contribution in [0.3, 0.4) is 0 Å². The van der Waals surface area contributed by atoms with Gasteiger partial charge in [0.25, 0.3) is 0 Å². The number of hydrogen-bond acceptors (Lipinski definition) is 2. The van der Waals surface area contributed by atoms with E-state index in [4.69, 9.17) is 4.74 Å². The quantitative estimate of drug-likeness (QED) is 0.479. The fraction of sp³-hybridized carbons (Fsp3) is 0.167. The Labute approximate surface area is 59.2 Å². The van der Waals surface area contributed by atoms with Crippen LogP contribution in [0.25, 0.3) is 0 Å². The molecule has 0 saturated heterocycles. The number of esters is 1. The van der Waals surface area contributed by atoms with Crippen molar-refractivity contribution in [2.45, 2.75) is 6.92 Å². The van der Waals surface area contributed by atoms with Gasteiger partial charge in [-0.2, -0.15) is 0 Å². The van der Waals surface area contributed by atoms with Crippen LogP contribution in [0, 0.1) is 0 Å². The Balaban J connectivity index is 2.58. The average Bonchev–Trinajstić information content (AvgIpc) is 2.15. The number of carbonyl (C=O) groups excluding carboxylic acids is 1. The molecule has 0 saturated carbocycles. The van der Waals surface area contributed by atoms with Crippen molar-refractivity contribution >= 4 is 20.5 Å². The third kappa shape index (κ3) is 2.04. The first-order chi connectivity index (χ1) is 4.29. The fourth-order valence-electron chi connectivity index (χ4n) is 0.476. The molecule has 3 heteroatoms. The van der Waals surface area contributed by atoms with E-state index in [9.17, 15) is 4.79 Å². The molecule has 0 aromatic carbocycles. The Hall–Kier alpha value is -0.531. The monoisotopic (exact) mass is 190 g/mol. The normalized spacial score (nSPS) is 9.00. The number of rotatable bonds is 1. The molecule has 0 aliphatic heterocycles. The first kappa shape index (κ1) is 6.59. The van der Waals surface area contributed by atoms with Crippen molar-refractivity contribution in [2.24, 2.45) is 0 Å². The van der Waals surface area contributed by atoms with Gasteiger partial charge in [-0.1, -0.05) is 0 Å².